The molecule has 0 saturated heterocycles. The number of aromatic nitrogens is 1. The van der Waals surface area contributed by atoms with E-state index in [0.29, 0.717) is 0 Å². The lowest BCUT2D eigenvalue weighted by Crippen LogP contribution is -2.20. The number of oxazole rings is 1. The van der Waals surface area contributed by atoms with E-state index in [1.54, 1.807) is 0 Å². The Morgan fingerprint density at radius 3 is 2.55 bits per heavy atom. The van der Waals surface area contributed by atoms with Crippen molar-refractivity contribution in [3.8, 4) is 17.1 Å². The van der Waals surface area contributed by atoms with Gasteiger partial charge in [0.2, 0.25) is 5.91 Å². The second-order valence-corrected chi connectivity index (χ2v) is 6.74. The van der Waals surface area contributed by atoms with Crippen LogP contribution in [-0.2, 0) is 11.2 Å². The predicted molar refractivity (Wildman–Crippen MR) is 102 cm³/mol. The second-order valence-electron chi connectivity index (χ2n) is 6.31. The van der Waals surface area contributed by atoms with Crippen LogP contribution in [0.25, 0.3) is 11.3 Å². The average molecular weight is 461 g/mol. The van der Waals surface area contributed by atoms with Gasteiger partial charge in [-0.25, -0.2) is 13.8 Å². The number of alkyl halides is 3. The molecule has 0 saturated carbocycles. The van der Waals surface area contributed by atoms with E-state index in [1.165, 1.54) is 24.3 Å². The van der Waals surface area contributed by atoms with E-state index in [4.69, 9.17) is 20.8 Å². The largest absolute Gasteiger partial charge is 0.482 e. The first-order valence-corrected chi connectivity index (χ1v) is 9.18. The topological polar surface area (TPSA) is 64.4 Å². The Hall–Kier alpha value is -3.14. The maximum atomic E-state index is 13.8. The van der Waals surface area contributed by atoms with Gasteiger partial charge in [0, 0.05) is 17.9 Å². The van der Waals surface area contributed by atoms with Crippen LogP contribution in [0, 0.1) is 11.6 Å². The van der Waals surface area contributed by atoms with Crippen molar-refractivity contribution in [2.24, 2.45) is 0 Å². The molecule has 0 spiro atoms. The van der Waals surface area contributed by atoms with Crippen LogP contribution in [0.15, 0.2) is 47.0 Å². The molecule has 0 aliphatic rings. The molecule has 1 heterocycles. The van der Waals surface area contributed by atoms with Gasteiger partial charge in [0.05, 0.1) is 17.4 Å². The number of ether oxygens (including phenoxy) is 1. The Bertz CT molecular complexity index is 1060. The van der Waals surface area contributed by atoms with Gasteiger partial charge >= 0.3 is 6.18 Å². The van der Waals surface area contributed by atoms with E-state index in [1.807, 2.05) is 0 Å². The molecule has 3 aromatic rings. The molecule has 1 N–H and O–H groups in total. The van der Waals surface area contributed by atoms with Crippen molar-refractivity contribution in [2.45, 2.75) is 19.0 Å². The fraction of sp³-hybridized carbons (Fsp3) is 0.200. The van der Waals surface area contributed by atoms with Gasteiger partial charge in [-0.1, -0.05) is 17.7 Å². The summed E-state index contributed by atoms with van der Waals surface area (Å²) >= 11 is 5.83. The number of aryl methyl sites for hydroxylation is 1. The molecule has 1 amide bonds. The van der Waals surface area contributed by atoms with Crippen molar-refractivity contribution in [1.29, 1.82) is 0 Å². The van der Waals surface area contributed by atoms with Gasteiger partial charge in [0.1, 0.15) is 17.4 Å². The highest BCUT2D eigenvalue weighted by Crippen LogP contribution is 2.30. The number of halogens is 6. The summed E-state index contributed by atoms with van der Waals surface area (Å²) in [6.45, 7) is -1.54. The second kappa shape index (κ2) is 9.34. The molecule has 164 valence electrons. The van der Waals surface area contributed by atoms with Crippen molar-refractivity contribution in [1.82, 2.24) is 4.98 Å². The van der Waals surface area contributed by atoms with Crippen LogP contribution >= 0.6 is 11.6 Å². The molecular formula is C20H14ClF5N2O3. The Morgan fingerprint density at radius 2 is 1.87 bits per heavy atom. The third kappa shape index (κ3) is 6.17. The zero-order chi connectivity index (χ0) is 22.6. The van der Waals surface area contributed by atoms with Gasteiger partial charge in [0.15, 0.2) is 18.3 Å². The number of rotatable bonds is 7. The van der Waals surface area contributed by atoms with Crippen LogP contribution < -0.4 is 10.1 Å². The molecule has 0 aliphatic carbocycles. The number of nitrogens with zero attached hydrogens (tertiary/aromatic N) is 1. The summed E-state index contributed by atoms with van der Waals surface area (Å²) in [6, 6.07) is 7.11. The molecule has 11 heteroatoms. The van der Waals surface area contributed by atoms with Crippen molar-refractivity contribution in [3.63, 3.8) is 0 Å². The fourth-order valence-corrected chi connectivity index (χ4v) is 2.77. The Labute approximate surface area is 177 Å². The SMILES string of the molecule is O=C(CCc1ncc(-c2c(F)cccc2F)o1)Nc1cc(Cl)ccc1OCC(F)(F)F. The van der Waals surface area contributed by atoms with Gasteiger partial charge in [-0.05, 0) is 30.3 Å². The lowest BCUT2D eigenvalue weighted by molar-refractivity contribution is -0.153. The lowest BCUT2D eigenvalue weighted by Gasteiger charge is -2.14. The molecule has 0 radical (unpaired) electrons. The Balaban J connectivity index is 1.64. The lowest BCUT2D eigenvalue weighted by atomic mass is 10.1. The average Bonchev–Trinajstić information content (AvgIpc) is 3.13. The first-order valence-electron chi connectivity index (χ1n) is 8.80. The summed E-state index contributed by atoms with van der Waals surface area (Å²) < 4.78 is 74.8. The number of nitrogens with one attached hydrogen (secondary N) is 1. The van der Waals surface area contributed by atoms with Crippen LogP contribution in [-0.4, -0.2) is 23.7 Å². The molecule has 2 aromatic carbocycles. The minimum Gasteiger partial charge on any atom is -0.482 e. The molecule has 31 heavy (non-hydrogen) atoms. The van der Waals surface area contributed by atoms with E-state index in [-0.39, 0.29) is 46.5 Å². The quantitative estimate of drug-likeness (QED) is 0.454. The normalized spacial score (nSPS) is 11.4. The smallest absolute Gasteiger partial charge is 0.422 e. The number of anilines is 1. The first-order chi connectivity index (χ1) is 14.6. The third-order valence-electron chi connectivity index (χ3n) is 3.94. The molecule has 0 unspecified atom stereocenters. The Kier molecular flexibility index (Phi) is 6.79. The zero-order valence-corrected chi connectivity index (χ0v) is 16.4. The summed E-state index contributed by atoms with van der Waals surface area (Å²) in [5, 5.41) is 2.59. The van der Waals surface area contributed by atoms with E-state index in [0.717, 1.165) is 18.3 Å². The molecule has 5 nitrogen and oxygen atoms in total. The van der Waals surface area contributed by atoms with Crippen molar-refractivity contribution >= 4 is 23.2 Å². The summed E-state index contributed by atoms with van der Waals surface area (Å²) in [5.74, 6) is -2.53. The summed E-state index contributed by atoms with van der Waals surface area (Å²) in [4.78, 5) is 16.1. The number of carbonyl (C=O) groups excluding carboxylic acids is 1. The maximum absolute atomic E-state index is 13.8. The highest BCUT2D eigenvalue weighted by Gasteiger charge is 2.29. The highest BCUT2D eigenvalue weighted by molar-refractivity contribution is 6.31. The van der Waals surface area contributed by atoms with Crippen molar-refractivity contribution in [2.75, 3.05) is 11.9 Å². The van der Waals surface area contributed by atoms with E-state index in [2.05, 4.69) is 10.3 Å². The number of carbonyl (C=O) groups is 1. The molecule has 0 fully saturated rings. The Morgan fingerprint density at radius 1 is 1.16 bits per heavy atom. The van der Waals surface area contributed by atoms with Gasteiger partial charge in [-0.3, -0.25) is 4.79 Å². The minimum atomic E-state index is -4.55. The highest BCUT2D eigenvalue weighted by atomic mass is 35.5. The molecular weight excluding hydrogens is 447 g/mol. The number of hydrogen-bond donors (Lipinski definition) is 1. The molecule has 0 atom stereocenters. The summed E-state index contributed by atoms with van der Waals surface area (Å²) in [5.41, 5.74) is -0.417. The van der Waals surface area contributed by atoms with Crippen LogP contribution in [0.3, 0.4) is 0 Å². The van der Waals surface area contributed by atoms with E-state index in [9.17, 15) is 26.7 Å². The summed E-state index contributed by atoms with van der Waals surface area (Å²) in [6.07, 6.45) is -3.62. The van der Waals surface area contributed by atoms with Gasteiger partial charge in [-0.2, -0.15) is 13.2 Å². The van der Waals surface area contributed by atoms with Crippen LogP contribution in [0.1, 0.15) is 12.3 Å². The first kappa shape index (κ1) is 22.5. The van der Waals surface area contributed by atoms with Crippen LogP contribution in [0.2, 0.25) is 5.02 Å². The van der Waals surface area contributed by atoms with E-state index < -0.39 is 30.3 Å². The third-order valence-corrected chi connectivity index (χ3v) is 4.17. The van der Waals surface area contributed by atoms with Gasteiger partial charge < -0.3 is 14.5 Å². The van der Waals surface area contributed by atoms with Crippen LogP contribution in [0.5, 0.6) is 5.75 Å². The maximum Gasteiger partial charge on any atom is 0.422 e. The molecule has 0 bridgehead atoms. The molecule has 1 aromatic heterocycles. The zero-order valence-electron chi connectivity index (χ0n) is 15.6. The fourth-order valence-electron chi connectivity index (χ4n) is 2.59. The van der Waals surface area contributed by atoms with Crippen molar-refractivity contribution in [3.05, 3.63) is 65.1 Å². The van der Waals surface area contributed by atoms with Crippen molar-refractivity contribution < 1.29 is 35.9 Å². The molecule has 3 rings (SSSR count). The molecule has 0 aliphatic heterocycles. The number of amides is 1. The van der Waals surface area contributed by atoms with Gasteiger partial charge in [0.25, 0.3) is 0 Å². The number of hydrogen-bond acceptors (Lipinski definition) is 4. The minimum absolute atomic E-state index is 0.0266. The van der Waals surface area contributed by atoms with Gasteiger partial charge in [-0.15, -0.1) is 0 Å². The number of benzene rings is 2. The monoisotopic (exact) mass is 460 g/mol. The predicted octanol–water partition coefficient (Wildman–Crippen LogP) is 5.79. The van der Waals surface area contributed by atoms with Crippen LogP contribution in [0.4, 0.5) is 27.6 Å². The summed E-state index contributed by atoms with van der Waals surface area (Å²) in [7, 11) is 0. The van der Waals surface area contributed by atoms with E-state index >= 15 is 0 Å². The standard InChI is InChI=1S/C20H14ClF5N2O3/c21-11-4-5-15(30-10-20(24,25)26)14(8-11)28-17(29)6-7-18-27-9-16(31-18)19-12(22)2-1-3-13(19)23/h1-5,8-9H,6-7,10H2,(H,28,29).